The molecule has 7 nitrogen and oxygen atoms in total. The summed E-state index contributed by atoms with van der Waals surface area (Å²) < 4.78 is 30.5. The van der Waals surface area contributed by atoms with Crippen molar-refractivity contribution in [3.63, 3.8) is 0 Å². The average molecular weight is 453 g/mol. The summed E-state index contributed by atoms with van der Waals surface area (Å²) in [6, 6.07) is 10.0. The largest absolute Gasteiger partial charge is 0.465 e. The smallest absolute Gasteiger partial charge is 0.338 e. The van der Waals surface area contributed by atoms with E-state index in [4.69, 9.17) is 16.3 Å². The number of nitrogens with zero attached hydrogens (tertiary/aromatic N) is 1. The normalized spacial score (nSPS) is 11.1. The summed E-state index contributed by atoms with van der Waals surface area (Å²) in [6.07, 6.45) is 1.53. The maximum Gasteiger partial charge on any atom is 0.338 e. The van der Waals surface area contributed by atoms with Gasteiger partial charge in [0.1, 0.15) is 0 Å². The fraction of sp³-hybridized carbons (Fsp3) is 0.333. The first-order chi connectivity index (χ1) is 14.1. The Morgan fingerprint density at radius 1 is 1.10 bits per heavy atom. The van der Waals surface area contributed by atoms with Crippen molar-refractivity contribution in [2.75, 3.05) is 29.5 Å². The molecule has 2 rings (SSSR count). The molecule has 2 aromatic rings. The number of ether oxygens (including phenoxy) is 1. The highest BCUT2D eigenvalue weighted by molar-refractivity contribution is 7.92. The number of anilines is 2. The van der Waals surface area contributed by atoms with Gasteiger partial charge in [-0.15, -0.1) is 0 Å². The first kappa shape index (κ1) is 23.7. The molecule has 0 unspecified atom stereocenters. The molecule has 0 saturated carbocycles. The second-order valence-corrected chi connectivity index (χ2v) is 9.15. The van der Waals surface area contributed by atoms with Gasteiger partial charge in [-0.05, 0) is 55.7 Å². The van der Waals surface area contributed by atoms with E-state index in [0.717, 1.165) is 6.26 Å². The molecule has 0 atom stereocenters. The molecule has 0 radical (unpaired) electrons. The predicted octanol–water partition coefficient (Wildman–Crippen LogP) is 3.93. The van der Waals surface area contributed by atoms with E-state index in [-0.39, 0.29) is 18.9 Å². The molecule has 9 heteroatoms. The summed E-state index contributed by atoms with van der Waals surface area (Å²) in [6.45, 7) is 3.60. The maximum absolute atomic E-state index is 12.4. The molecule has 0 fully saturated rings. The minimum Gasteiger partial charge on any atom is -0.465 e. The van der Waals surface area contributed by atoms with Gasteiger partial charge in [0.25, 0.3) is 0 Å². The van der Waals surface area contributed by atoms with E-state index in [1.165, 1.54) is 11.4 Å². The number of carbonyl (C=O) groups excluding carboxylic acids is 2. The number of nitrogens with one attached hydrogen (secondary N) is 1. The molecule has 0 aliphatic rings. The second kappa shape index (κ2) is 9.95. The van der Waals surface area contributed by atoms with Crippen LogP contribution in [0.15, 0.2) is 36.4 Å². The maximum atomic E-state index is 12.4. The van der Waals surface area contributed by atoms with Crippen LogP contribution < -0.4 is 9.62 Å². The van der Waals surface area contributed by atoms with Crippen LogP contribution in [-0.2, 0) is 19.6 Å². The molecule has 1 amide bonds. The molecule has 30 heavy (non-hydrogen) atoms. The summed E-state index contributed by atoms with van der Waals surface area (Å²) in [5.41, 5.74) is 2.63. The number of benzene rings is 2. The van der Waals surface area contributed by atoms with Gasteiger partial charge in [0.15, 0.2) is 0 Å². The number of halogens is 1. The molecule has 0 aliphatic heterocycles. The third-order valence-corrected chi connectivity index (χ3v) is 6.28. The third kappa shape index (κ3) is 5.73. The molecule has 0 aromatic heterocycles. The van der Waals surface area contributed by atoms with Crippen LogP contribution in [0.5, 0.6) is 0 Å². The standard InChI is InChI=1S/C21H25ClN2O5S/c1-14-16(21(26)29-3)8-5-10-18(14)23-20(25)12-7-13-24(30(4,27)28)19-11-6-9-17(22)15(19)2/h5-6,8-11H,7,12-13H2,1-4H3,(H,23,25). The highest BCUT2D eigenvalue weighted by Gasteiger charge is 2.20. The fourth-order valence-electron chi connectivity index (χ4n) is 3.03. The van der Waals surface area contributed by atoms with Gasteiger partial charge in [-0.25, -0.2) is 13.2 Å². The van der Waals surface area contributed by atoms with Crippen LogP contribution in [0.25, 0.3) is 0 Å². The van der Waals surface area contributed by atoms with Gasteiger partial charge >= 0.3 is 5.97 Å². The van der Waals surface area contributed by atoms with E-state index in [9.17, 15) is 18.0 Å². The van der Waals surface area contributed by atoms with Crippen molar-refractivity contribution >= 4 is 44.9 Å². The number of methoxy groups -OCH3 is 1. The third-order valence-electron chi connectivity index (χ3n) is 4.69. The van der Waals surface area contributed by atoms with Gasteiger partial charge in [0.05, 0.1) is 24.6 Å². The molecule has 0 spiro atoms. The number of esters is 1. The van der Waals surface area contributed by atoms with E-state index < -0.39 is 16.0 Å². The minimum absolute atomic E-state index is 0.105. The molecule has 0 bridgehead atoms. The lowest BCUT2D eigenvalue weighted by Gasteiger charge is -2.24. The highest BCUT2D eigenvalue weighted by atomic mass is 35.5. The molecule has 2 aromatic carbocycles. The van der Waals surface area contributed by atoms with Gasteiger partial charge in [-0.3, -0.25) is 9.10 Å². The summed E-state index contributed by atoms with van der Waals surface area (Å²) in [4.78, 5) is 24.2. The average Bonchev–Trinajstić information content (AvgIpc) is 2.68. The van der Waals surface area contributed by atoms with Crippen LogP contribution in [0, 0.1) is 13.8 Å². The van der Waals surface area contributed by atoms with Crippen molar-refractivity contribution in [1.82, 2.24) is 0 Å². The van der Waals surface area contributed by atoms with Crippen molar-refractivity contribution in [2.45, 2.75) is 26.7 Å². The monoisotopic (exact) mass is 452 g/mol. The number of hydrogen-bond donors (Lipinski definition) is 1. The van der Waals surface area contributed by atoms with Crippen molar-refractivity contribution in [3.8, 4) is 0 Å². The zero-order chi connectivity index (χ0) is 22.5. The first-order valence-corrected chi connectivity index (χ1v) is 11.5. The van der Waals surface area contributed by atoms with Crippen LogP contribution in [0.2, 0.25) is 5.02 Å². The van der Waals surface area contributed by atoms with Crippen LogP contribution in [0.1, 0.15) is 34.3 Å². The first-order valence-electron chi connectivity index (χ1n) is 9.27. The lowest BCUT2D eigenvalue weighted by atomic mass is 10.1. The molecular formula is C21H25ClN2O5S. The molecular weight excluding hydrogens is 428 g/mol. The summed E-state index contributed by atoms with van der Waals surface area (Å²) in [7, 11) is -2.25. The zero-order valence-electron chi connectivity index (χ0n) is 17.4. The number of rotatable bonds is 8. The molecule has 162 valence electrons. The molecule has 0 heterocycles. The lowest BCUT2D eigenvalue weighted by Crippen LogP contribution is -2.32. The van der Waals surface area contributed by atoms with Crippen molar-refractivity contribution in [1.29, 1.82) is 0 Å². The van der Waals surface area contributed by atoms with E-state index in [0.29, 0.717) is 39.5 Å². The fourth-order valence-corrected chi connectivity index (χ4v) is 4.21. The lowest BCUT2D eigenvalue weighted by molar-refractivity contribution is -0.116. The Kier molecular flexibility index (Phi) is 7.86. The van der Waals surface area contributed by atoms with E-state index in [1.54, 1.807) is 50.2 Å². The van der Waals surface area contributed by atoms with E-state index in [2.05, 4.69) is 5.32 Å². The number of sulfonamides is 1. The Balaban J connectivity index is 2.07. The quantitative estimate of drug-likeness (QED) is 0.612. The van der Waals surface area contributed by atoms with Gasteiger partial charge in [-0.2, -0.15) is 0 Å². The van der Waals surface area contributed by atoms with E-state index in [1.807, 2.05) is 0 Å². The molecule has 0 aliphatic carbocycles. The van der Waals surface area contributed by atoms with Gasteiger partial charge in [0, 0.05) is 23.7 Å². The van der Waals surface area contributed by atoms with E-state index >= 15 is 0 Å². The summed E-state index contributed by atoms with van der Waals surface area (Å²) in [5, 5.41) is 3.24. The van der Waals surface area contributed by atoms with Crippen LogP contribution >= 0.6 is 11.6 Å². The number of amides is 1. The number of carbonyl (C=O) groups is 2. The topological polar surface area (TPSA) is 92.8 Å². The zero-order valence-corrected chi connectivity index (χ0v) is 18.9. The second-order valence-electron chi connectivity index (χ2n) is 6.84. The summed E-state index contributed by atoms with van der Waals surface area (Å²) in [5.74, 6) is -0.763. The van der Waals surface area contributed by atoms with Gasteiger partial charge < -0.3 is 10.1 Å². The van der Waals surface area contributed by atoms with Crippen LogP contribution in [-0.4, -0.2) is 40.2 Å². The Morgan fingerprint density at radius 2 is 1.77 bits per heavy atom. The Morgan fingerprint density at radius 3 is 2.40 bits per heavy atom. The Bertz CT molecular complexity index is 1050. The number of hydrogen-bond acceptors (Lipinski definition) is 5. The van der Waals surface area contributed by atoms with Crippen molar-refractivity contribution < 1.29 is 22.7 Å². The molecule has 0 saturated heterocycles. The SMILES string of the molecule is COC(=O)c1cccc(NC(=O)CCCN(c2cccc(Cl)c2C)S(C)(=O)=O)c1C. The summed E-state index contributed by atoms with van der Waals surface area (Å²) >= 11 is 6.12. The highest BCUT2D eigenvalue weighted by Crippen LogP contribution is 2.28. The Hall–Kier alpha value is -2.58. The van der Waals surface area contributed by atoms with Gasteiger partial charge in [0.2, 0.25) is 15.9 Å². The van der Waals surface area contributed by atoms with Crippen LogP contribution in [0.4, 0.5) is 11.4 Å². The van der Waals surface area contributed by atoms with Crippen molar-refractivity contribution in [3.05, 3.63) is 58.1 Å². The van der Waals surface area contributed by atoms with Gasteiger partial charge in [-0.1, -0.05) is 23.7 Å². The minimum atomic E-state index is -3.55. The Labute approximate surface area is 182 Å². The van der Waals surface area contributed by atoms with Crippen LogP contribution in [0.3, 0.4) is 0 Å². The van der Waals surface area contributed by atoms with Crippen molar-refractivity contribution in [2.24, 2.45) is 0 Å². The molecule has 1 N–H and O–H groups in total. The predicted molar refractivity (Wildman–Crippen MR) is 119 cm³/mol.